The zero-order valence-corrected chi connectivity index (χ0v) is 16.4. The number of anilines is 1. The van der Waals surface area contributed by atoms with Gasteiger partial charge < -0.3 is 9.72 Å². The smallest absolute Gasteiger partial charge is 0.333 e. The van der Waals surface area contributed by atoms with Gasteiger partial charge in [-0.25, -0.2) is 9.67 Å². The fourth-order valence-electron chi connectivity index (χ4n) is 2.99. The summed E-state index contributed by atoms with van der Waals surface area (Å²) in [5.74, 6) is 1.16. The van der Waals surface area contributed by atoms with Crippen molar-refractivity contribution in [1.82, 2.24) is 34.1 Å². The van der Waals surface area contributed by atoms with Gasteiger partial charge in [0.2, 0.25) is 11.8 Å². The van der Waals surface area contributed by atoms with E-state index < -0.39 is 12.1 Å². The number of fused-ring (bicyclic) bond motifs is 1. The van der Waals surface area contributed by atoms with Crippen molar-refractivity contribution in [2.45, 2.75) is 32.9 Å². The number of aryl methyl sites for hydroxylation is 1. The number of nitrogens with one attached hydrogen (secondary N) is 1. The van der Waals surface area contributed by atoms with Crippen LogP contribution in [-0.4, -0.2) is 34.1 Å². The van der Waals surface area contributed by atoms with Crippen LogP contribution in [-0.2, 0) is 5.54 Å². The highest BCUT2D eigenvalue weighted by Gasteiger charge is 2.26. The minimum Gasteiger partial charge on any atom is -0.343 e. The second-order valence-electron chi connectivity index (χ2n) is 7.14. The molecule has 0 atom stereocenters. The minimum atomic E-state index is -2.73. The molecule has 0 amide bonds. The molecule has 0 aromatic carbocycles. The number of hydrogen-bond donors (Lipinski definition) is 1. The van der Waals surface area contributed by atoms with Gasteiger partial charge in [-0.15, -0.1) is 0 Å². The molecule has 11 heteroatoms. The fourth-order valence-corrected chi connectivity index (χ4v) is 2.99. The van der Waals surface area contributed by atoms with E-state index in [4.69, 9.17) is 0 Å². The van der Waals surface area contributed by atoms with Crippen molar-refractivity contribution < 1.29 is 8.78 Å². The number of hydrogen-bond acceptors (Lipinski definition) is 7. The molecule has 30 heavy (non-hydrogen) atoms. The van der Waals surface area contributed by atoms with Crippen molar-refractivity contribution >= 4 is 11.5 Å². The number of halogens is 2. The maximum atomic E-state index is 12.9. The van der Waals surface area contributed by atoms with E-state index in [0.29, 0.717) is 21.8 Å². The zero-order valence-electron chi connectivity index (χ0n) is 16.4. The van der Waals surface area contributed by atoms with E-state index in [9.17, 15) is 14.0 Å². The first-order chi connectivity index (χ1) is 14.3. The molecule has 0 unspecified atom stereocenters. The predicted octanol–water partition coefficient (Wildman–Crippen LogP) is 3.31. The van der Waals surface area contributed by atoms with E-state index in [1.807, 2.05) is 35.7 Å². The Bertz CT molecular complexity index is 1270. The third kappa shape index (κ3) is 3.55. The summed E-state index contributed by atoms with van der Waals surface area (Å²) in [6, 6.07) is 7.11. The van der Waals surface area contributed by atoms with E-state index in [1.165, 1.54) is 12.3 Å². The van der Waals surface area contributed by atoms with Gasteiger partial charge in [0.1, 0.15) is 11.9 Å². The highest BCUT2D eigenvalue weighted by Crippen LogP contribution is 2.25. The van der Waals surface area contributed by atoms with E-state index in [-0.39, 0.29) is 11.8 Å². The molecule has 0 fully saturated rings. The lowest BCUT2D eigenvalue weighted by molar-refractivity contribution is 0.0558. The van der Waals surface area contributed by atoms with Gasteiger partial charge in [-0.2, -0.15) is 34.1 Å². The lowest BCUT2D eigenvalue weighted by Crippen LogP contribution is -2.30. The molecule has 9 nitrogen and oxygen atoms in total. The molecule has 0 aliphatic heterocycles. The van der Waals surface area contributed by atoms with Gasteiger partial charge in [-0.1, -0.05) is 0 Å². The van der Waals surface area contributed by atoms with E-state index in [2.05, 4.69) is 30.4 Å². The van der Waals surface area contributed by atoms with Crippen LogP contribution in [0.5, 0.6) is 0 Å². The third-order valence-electron chi connectivity index (χ3n) is 4.58. The van der Waals surface area contributed by atoms with Gasteiger partial charge in [0.15, 0.2) is 5.82 Å². The molecule has 4 heterocycles. The van der Waals surface area contributed by atoms with Crippen molar-refractivity contribution in [1.29, 1.82) is 5.26 Å². The van der Waals surface area contributed by atoms with Crippen LogP contribution in [0.4, 0.5) is 14.7 Å². The normalized spacial score (nSPS) is 11.8. The zero-order chi connectivity index (χ0) is 21.5. The van der Waals surface area contributed by atoms with Crippen molar-refractivity contribution in [2.75, 3.05) is 5.32 Å². The van der Waals surface area contributed by atoms with Crippen molar-refractivity contribution in [2.24, 2.45) is 0 Å². The molecule has 0 aliphatic rings. The highest BCUT2D eigenvalue weighted by molar-refractivity contribution is 5.60. The summed E-state index contributed by atoms with van der Waals surface area (Å²) in [7, 11) is 0. The Balaban J connectivity index is 1.71. The Kier molecular flexibility index (Phi) is 4.62. The molecular formula is C19H17F2N9. The average molecular weight is 409 g/mol. The number of pyridine rings is 1. The van der Waals surface area contributed by atoms with Crippen LogP contribution in [0.1, 0.15) is 37.7 Å². The molecule has 0 saturated heterocycles. The van der Waals surface area contributed by atoms with Gasteiger partial charge >= 0.3 is 6.55 Å². The second kappa shape index (κ2) is 7.14. The first kappa shape index (κ1) is 19.4. The summed E-state index contributed by atoms with van der Waals surface area (Å²) in [5, 5.41) is 16.3. The first-order valence-electron chi connectivity index (χ1n) is 8.99. The molecule has 4 aromatic heterocycles. The van der Waals surface area contributed by atoms with Crippen LogP contribution in [0, 0.1) is 18.3 Å². The second-order valence-corrected chi connectivity index (χ2v) is 7.14. The fraction of sp³-hybridized carbons (Fsp3) is 0.263. The highest BCUT2D eigenvalue weighted by atomic mass is 19.3. The molecule has 0 spiro atoms. The predicted molar refractivity (Wildman–Crippen MR) is 104 cm³/mol. The summed E-state index contributed by atoms with van der Waals surface area (Å²) < 4.78 is 28.2. The van der Waals surface area contributed by atoms with Crippen LogP contribution in [0.15, 0.2) is 36.8 Å². The lowest BCUT2D eigenvalue weighted by atomic mass is 10.0. The number of alkyl halides is 2. The maximum absolute atomic E-state index is 12.9. The van der Waals surface area contributed by atoms with Crippen LogP contribution >= 0.6 is 0 Å². The summed E-state index contributed by atoms with van der Waals surface area (Å²) in [6.45, 7) is 2.65. The van der Waals surface area contributed by atoms with Gasteiger partial charge in [-0.3, -0.25) is 0 Å². The third-order valence-corrected chi connectivity index (χ3v) is 4.58. The monoisotopic (exact) mass is 409 g/mol. The lowest BCUT2D eigenvalue weighted by Gasteiger charge is -2.24. The van der Waals surface area contributed by atoms with Crippen LogP contribution < -0.4 is 5.32 Å². The van der Waals surface area contributed by atoms with Gasteiger partial charge in [0, 0.05) is 18.0 Å². The van der Waals surface area contributed by atoms with Crippen molar-refractivity contribution in [3.8, 4) is 17.5 Å². The Morgan fingerprint density at radius 1 is 1.17 bits per heavy atom. The van der Waals surface area contributed by atoms with E-state index in [0.717, 1.165) is 11.3 Å². The Hall–Kier alpha value is -3.94. The summed E-state index contributed by atoms with van der Waals surface area (Å²) in [5.41, 5.74) is 1.08. The van der Waals surface area contributed by atoms with Crippen LogP contribution in [0.2, 0.25) is 0 Å². The largest absolute Gasteiger partial charge is 0.343 e. The summed E-state index contributed by atoms with van der Waals surface area (Å²) in [4.78, 5) is 17.0. The quantitative estimate of drug-likeness (QED) is 0.538. The Morgan fingerprint density at radius 2 is 1.97 bits per heavy atom. The van der Waals surface area contributed by atoms with Crippen LogP contribution in [0.25, 0.3) is 16.9 Å². The van der Waals surface area contributed by atoms with Gasteiger partial charge in [-0.05, 0) is 39.0 Å². The van der Waals surface area contributed by atoms with Crippen LogP contribution in [0.3, 0.4) is 0 Å². The number of nitriles is 1. The topological polar surface area (TPSA) is 110 Å². The number of rotatable bonds is 5. The molecule has 1 N–H and O–H groups in total. The summed E-state index contributed by atoms with van der Waals surface area (Å²) >= 11 is 0. The number of aromatic nitrogens is 7. The van der Waals surface area contributed by atoms with Crippen molar-refractivity contribution in [3.05, 3.63) is 54.1 Å². The molecule has 0 aliphatic carbocycles. The Morgan fingerprint density at radius 3 is 2.67 bits per heavy atom. The molecule has 4 rings (SSSR count). The molecule has 0 saturated carbocycles. The molecular weight excluding hydrogens is 392 g/mol. The summed E-state index contributed by atoms with van der Waals surface area (Å²) in [6.07, 6.45) is 4.78. The van der Waals surface area contributed by atoms with Gasteiger partial charge in [0.05, 0.1) is 22.9 Å². The molecule has 0 bridgehead atoms. The number of imidazole rings is 1. The molecule has 4 aromatic rings. The SMILES string of the molecule is Cc1ncc2ccc(-c3nc(C#N)nc(NC(C)(C)c4ccn(C(F)F)n4)n3)cn12. The average Bonchev–Trinajstić information content (AvgIpc) is 3.35. The Labute approximate surface area is 170 Å². The molecule has 152 valence electrons. The molecule has 0 radical (unpaired) electrons. The minimum absolute atomic E-state index is 0.0705. The van der Waals surface area contributed by atoms with E-state index >= 15 is 0 Å². The van der Waals surface area contributed by atoms with Crippen molar-refractivity contribution in [3.63, 3.8) is 0 Å². The standard InChI is InChI=1S/C19H17F2N9/c1-11-23-9-13-5-4-12(10-29(11)13)16-24-15(8-22)25-18(26-16)27-19(2,3)14-6-7-30(28-14)17(20)21/h4-7,9-10,17H,1-3H3,(H,24,25,26,27). The van der Waals surface area contributed by atoms with E-state index in [1.54, 1.807) is 20.0 Å². The number of nitrogens with zero attached hydrogens (tertiary/aromatic N) is 8. The maximum Gasteiger partial charge on any atom is 0.333 e. The van der Waals surface area contributed by atoms with Gasteiger partial charge in [0.25, 0.3) is 0 Å². The first-order valence-corrected chi connectivity index (χ1v) is 8.99.